The van der Waals surface area contributed by atoms with Gasteiger partial charge in [0.05, 0.1) is 6.10 Å². The van der Waals surface area contributed by atoms with Gasteiger partial charge >= 0.3 is 0 Å². The second-order valence-corrected chi connectivity index (χ2v) is 7.83. The van der Waals surface area contributed by atoms with Gasteiger partial charge in [-0.3, -0.25) is 0 Å². The van der Waals surface area contributed by atoms with Crippen LogP contribution in [0.4, 0.5) is 4.39 Å². The van der Waals surface area contributed by atoms with E-state index in [1.165, 1.54) is 6.07 Å². The maximum Gasteiger partial charge on any atom is 0.159 e. The number of benzene rings is 2. The van der Waals surface area contributed by atoms with Gasteiger partial charge in [0.25, 0.3) is 0 Å². The van der Waals surface area contributed by atoms with E-state index in [9.17, 15) is 14.6 Å². The van der Waals surface area contributed by atoms with Gasteiger partial charge < -0.3 is 15.5 Å². The molecule has 30 heavy (non-hydrogen) atoms. The van der Waals surface area contributed by atoms with Crippen LogP contribution < -0.4 is 5.32 Å². The Morgan fingerprint density at radius 3 is 2.53 bits per heavy atom. The third kappa shape index (κ3) is 4.56. The molecule has 0 bridgehead atoms. The number of rotatable bonds is 7. The van der Waals surface area contributed by atoms with Gasteiger partial charge in [-0.25, -0.2) is 14.4 Å². The lowest BCUT2D eigenvalue weighted by Crippen LogP contribution is -2.36. The van der Waals surface area contributed by atoms with Crippen molar-refractivity contribution in [2.45, 2.75) is 31.5 Å². The van der Waals surface area contributed by atoms with Crippen molar-refractivity contribution in [2.75, 3.05) is 6.61 Å². The lowest BCUT2D eigenvalue weighted by atomic mass is 9.88. The van der Waals surface area contributed by atoms with Crippen molar-refractivity contribution in [1.29, 1.82) is 0 Å². The molecular weight excluding hydrogens is 381 g/mol. The van der Waals surface area contributed by atoms with Crippen LogP contribution in [-0.2, 0) is 13.0 Å². The van der Waals surface area contributed by atoms with Crippen LogP contribution in [0.15, 0.2) is 66.9 Å². The Kier molecular flexibility index (Phi) is 6.47. The summed E-state index contributed by atoms with van der Waals surface area (Å²) in [5.74, 6) is 0.138. The van der Waals surface area contributed by atoms with E-state index in [2.05, 4.69) is 10.3 Å². The van der Waals surface area contributed by atoms with E-state index in [-0.39, 0.29) is 30.3 Å². The van der Waals surface area contributed by atoms with E-state index in [0.717, 1.165) is 11.3 Å². The van der Waals surface area contributed by atoms with Crippen LogP contribution in [-0.4, -0.2) is 38.9 Å². The lowest BCUT2D eigenvalue weighted by molar-refractivity contribution is 0.0716. The highest BCUT2D eigenvalue weighted by Crippen LogP contribution is 2.35. The van der Waals surface area contributed by atoms with Crippen molar-refractivity contribution >= 4 is 0 Å². The van der Waals surface area contributed by atoms with Crippen LogP contribution in [0.5, 0.6) is 0 Å². The van der Waals surface area contributed by atoms with Crippen molar-refractivity contribution in [3.63, 3.8) is 0 Å². The quantitative estimate of drug-likeness (QED) is 0.561. The van der Waals surface area contributed by atoms with E-state index in [1.807, 2.05) is 42.5 Å². The summed E-state index contributed by atoms with van der Waals surface area (Å²) in [5.41, 5.74) is 2.39. The molecule has 1 aliphatic carbocycles. The highest BCUT2D eigenvalue weighted by Gasteiger charge is 2.42. The Morgan fingerprint density at radius 2 is 1.77 bits per heavy atom. The molecule has 2 aromatic carbocycles. The number of hydrogen-bond acceptors (Lipinski definition) is 5. The molecule has 0 saturated heterocycles. The lowest BCUT2D eigenvalue weighted by Gasteiger charge is -2.25. The van der Waals surface area contributed by atoms with Gasteiger partial charge in [-0.15, -0.1) is 0 Å². The molecule has 0 amide bonds. The minimum Gasteiger partial charge on any atom is -0.396 e. The van der Waals surface area contributed by atoms with E-state index in [1.54, 1.807) is 18.3 Å². The first-order chi connectivity index (χ1) is 14.7. The molecule has 1 aliphatic rings. The molecule has 0 radical (unpaired) electrons. The first-order valence-electron chi connectivity index (χ1n) is 10.3. The van der Waals surface area contributed by atoms with E-state index >= 15 is 0 Å². The largest absolute Gasteiger partial charge is 0.396 e. The molecule has 4 unspecified atom stereocenters. The molecule has 5 nitrogen and oxygen atoms in total. The number of aromatic nitrogens is 2. The fraction of sp³-hybridized carbons (Fsp3) is 0.333. The zero-order chi connectivity index (χ0) is 20.9. The second kappa shape index (κ2) is 9.43. The van der Waals surface area contributed by atoms with Gasteiger partial charge in [0.15, 0.2) is 5.82 Å². The number of aliphatic hydroxyl groups is 2. The molecule has 4 atom stereocenters. The Hall–Kier alpha value is -2.67. The smallest absolute Gasteiger partial charge is 0.159 e. The van der Waals surface area contributed by atoms with Gasteiger partial charge in [0.1, 0.15) is 5.82 Å². The monoisotopic (exact) mass is 407 g/mol. The SMILES string of the molecule is OCC1C(O)CC(NCc2ccccc2F)C1Cc1ccnc(-c2ccccc2)n1. The molecule has 0 aliphatic heterocycles. The minimum atomic E-state index is -0.603. The molecule has 3 N–H and O–H groups in total. The van der Waals surface area contributed by atoms with Gasteiger partial charge in [-0.1, -0.05) is 48.5 Å². The third-order valence-corrected chi connectivity index (χ3v) is 5.97. The normalized spacial score (nSPS) is 23.6. The standard InChI is InChI=1S/C24H26FN3O2/c25-21-9-5-4-8-17(21)14-27-22-13-23(30)20(15-29)19(22)12-18-10-11-26-24(28-18)16-6-2-1-3-7-16/h1-11,19-20,22-23,27,29-30H,12-15H2. The van der Waals surface area contributed by atoms with E-state index < -0.39 is 6.10 Å². The van der Waals surface area contributed by atoms with Gasteiger partial charge in [0, 0.05) is 48.1 Å². The Balaban J connectivity index is 1.52. The van der Waals surface area contributed by atoms with Crippen molar-refractivity contribution in [3.8, 4) is 11.4 Å². The van der Waals surface area contributed by atoms with Gasteiger partial charge in [-0.05, 0) is 30.9 Å². The van der Waals surface area contributed by atoms with Crippen molar-refractivity contribution < 1.29 is 14.6 Å². The Morgan fingerprint density at radius 1 is 1.00 bits per heavy atom. The number of hydrogen-bond donors (Lipinski definition) is 3. The van der Waals surface area contributed by atoms with Gasteiger partial charge in [0.2, 0.25) is 0 Å². The number of nitrogens with zero attached hydrogens (tertiary/aromatic N) is 2. The van der Waals surface area contributed by atoms with Gasteiger partial charge in [-0.2, -0.15) is 0 Å². The Labute approximate surface area is 175 Å². The topological polar surface area (TPSA) is 78.3 Å². The average Bonchev–Trinajstić information content (AvgIpc) is 3.08. The summed E-state index contributed by atoms with van der Waals surface area (Å²) in [6.07, 6.45) is 2.25. The zero-order valence-corrected chi connectivity index (χ0v) is 16.7. The molecule has 3 aromatic rings. The van der Waals surface area contributed by atoms with Crippen LogP contribution in [0.25, 0.3) is 11.4 Å². The highest BCUT2D eigenvalue weighted by molar-refractivity contribution is 5.54. The molecule has 1 saturated carbocycles. The van der Waals surface area contributed by atoms with Crippen LogP contribution in [0.2, 0.25) is 0 Å². The summed E-state index contributed by atoms with van der Waals surface area (Å²) in [7, 11) is 0. The van der Waals surface area contributed by atoms with Crippen LogP contribution in [0, 0.1) is 17.7 Å². The minimum absolute atomic E-state index is 0.0182. The molecule has 1 heterocycles. The second-order valence-electron chi connectivity index (χ2n) is 7.83. The number of nitrogens with one attached hydrogen (secondary N) is 1. The fourth-order valence-electron chi connectivity index (χ4n) is 4.34. The predicted octanol–water partition coefficient (Wildman–Crippen LogP) is 2.97. The number of aliphatic hydroxyl groups excluding tert-OH is 2. The third-order valence-electron chi connectivity index (χ3n) is 5.97. The van der Waals surface area contributed by atoms with Crippen LogP contribution in [0.1, 0.15) is 17.7 Å². The van der Waals surface area contributed by atoms with Crippen LogP contribution in [0.3, 0.4) is 0 Å². The Bertz CT molecular complexity index is 969. The summed E-state index contributed by atoms with van der Waals surface area (Å²) >= 11 is 0. The van der Waals surface area contributed by atoms with Crippen LogP contribution >= 0.6 is 0 Å². The van der Waals surface area contributed by atoms with Crippen molar-refractivity contribution in [3.05, 3.63) is 83.9 Å². The summed E-state index contributed by atoms with van der Waals surface area (Å²) in [4.78, 5) is 9.08. The van der Waals surface area contributed by atoms with E-state index in [4.69, 9.17) is 4.98 Å². The fourth-order valence-corrected chi connectivity index (χ4v) is 4.34. The maximum atomic E-state index is 14.0. The molecular formula is C24H26FN3O2. The zero-order valence-electron chi connectivity index (χ0n) is 16.7. The molecule has 156 valence electrons. The first-order valence-corrected chi connectivity index (χ1v) is 10.3. The highest BCUT2D eigenvalue weighted by atomic mass is 19.1. The summed E-state index contributed by atoms with van der Waals surface area (Å²) in [6.45, 7) is 0.276. The number of halogens is 1. The summed E-state index contributed by atoms with van der Waals surface area (Å²) in [5, 5.41) is 23.8. The molecule has 0 spiro atoms. The molecule has 6 heteroatoms. The summed E-state index contributed by atoms with van der Waals surface area (Å²) < 4.78 is 14.0. The van der Waals surface area contributed by atoms with Crippen molar-refractivity contribution in [1.82, 2.24) is 15.3 Å². The summed E-state index contributed by atoms with van der Waals surface area (Å²) in [6, 6.07) is 18.3. The molecule has 1 fully saturated rings. The maximum absolute atomic E-state index is 14.0. The van der Waals surface area contributed by atoms with E-state index in [0.29, 0.717) is 30.8 Å². The predicted molar refractivity (Wildman–Crippen MR) is 113 cm³/mol. The molecule has 1 aromatic heterocycles. The molecule has 4 rings (SSSR count). The first kappa shape index (κ1) is 20.6. The van der Waals surface area contributed by atoms with Crippen molar-refractivity contribution in [2.24, 2.45) is 11.8 Å². The average molecular weight is 407 g/mol.